The molecule has 39 heavy (non-hydrogen) atoms. The molecule has 2 N–H and O–H groups in total. The highest BCUT2D eigenvalue weighted by Crippen LogP contribution is 2.45. The van der Waals surface area contributed by atoms with Crippen LogP contribution in [0.25, 0.3) is 33.8 Å². The van der Waals surface area contributed by atoms with Gasteiger partial charge in [0.05, 0.1) is 22.9 Å². The number of halogens is 4. The second-order valence-electron chi connectivity index (χ2n) is 9.25. The van der Waals surface area contributed by atoms with Gasteiger partial charge in [-0.2, -0.15) is 13.2 Å². The van der Waals surface area contributed by atoms with Crippen LogP contribution >= 0.6 is 0 Å². The maximum absolute atomic E-state index is 13.1. The van der Waals surface area contributed by atoms with Crippen molar-refractivity contribution in [2.75, 3.05) is 6.86 Å². The number of aryl methyl sites for hydroxylation is 1. The molecule has 1 fully saturated rings. The van der Waals surface area contributed by atoms with Crippen molar-refractivity contribution in [1.29, 1.82) is 0 Å². The van der Waals surface area contributed by atoms with E-state index in [1.165, 1.54) is 17.9 Å². The monoisotopic (exact) mass is 539 g/mol. The third-order valence-electron chi connectivity index (χ3n) is 6.61. The number of aliphatic hydroxyl groups is 1. The molecule has 9 nitrogen and oxygen atoms in total. The van der Waals surface area contributed by atoms with Gasteiger partial charge in [-0.05, 0) is 18.4 Å². The Bertz CT molecular complexity index is 1660. The van der Waals surface area contributed by atoms with Crippen LogP contribution in [-0.2, 0) is 13.2 Å². The standard InChI is InChI=1S/C26H21F4N7O2/c1-37-10-18(26(28,29)30)35-24(37)15-6-4-14(5-7-15)22(38)16-8-31-17-9-32-23(36-21(16)17)19-20(13-2-3-13)33-12-34-25(19)39-11-27/h4-10,12-13,22,31,38H,2-3,11H2,1H3. The summed E-state index contributed by atoms with van der Waals surface area (Å²) in [6, 6.07) is 6.43. The van der Waals surface area contributed by atoms with Crippen molar-refractivity contribution in [3.63, 3.8) is 0 Å². The molecule has 6 rings (SSSR count). The summed E-state index contributed by atoms with van der Waals surface area (Å²) in [6.07, 6.45) is 1.62. The Morgan fingerprint density at radius 3 is 2.56 bits per heavy atom. The zero-order valence-electron chi connectivity index (χ0n) is 20.4. The Labute approximate surface area is 218 Å². The van der Waals surface area contributed by atoms with Crippen LogP contribution in [0.1, 0.15) is 47.4 Å². The van der Waals surface area contributed by atoms with E-state index < -0.39 is 24.8 Å². The normalized spacial score (nSPS) is 14.6. The molecule has 0 radical (unpaired) electrons. The number of aromatic amines is 1. The molecule has 0 aliphatic heterocycles. The van der Waals surface area contributed by atoms with Crippen LogP contribution in [0.5, 0.6) is 5.88 Å². The van der Waals surface area contributed by atoms with Gasteiger partial charge in [-0.25, -0.2) is 29.3 Å². The summed E-state index contributed by atoms with van der Waals surface area (Å²) in [5.74, 6) is 0.623. The van der Waals surface area contributed by atoms with Gasteiger partial charge >= 0.3 is 6.18 Å². The van der Waals surface area contributed by atoms with Crippen molar-refractivity contribution in [3.05, 3.63) is 71.7 Å². The lowest BCUT2D eigenvalue weighted by Gasteiger charge is -2.13. The highest BCUT2D eigenvalue weighted by atomic mass is 19.4. The van der Waals surface area contributed by atoms with Gasteiger partial charge in [0.25, 0.3) is 0 Å². The van der Waals surface area contributed by atoms with Crippen LogP contribution < -0.4 is 4.74 Å². The van der Waals surface area contributed by atoms with Crippen molar-refractivity contribution >= 4 is 11.0 Å². The average molecular weight is 539 g/mol. The second-order valence-corrected chi connectivity index (χ2v) is 9.25. The molecular weight excluding hydrogens is 518 g/mol. The molecule has 0 spiro atoms. The fourth-order valence-corrected chi connectivity index (χ4v) is 4.55. The van der Waals surface area contributed by atoms with E-state index in [-0.39, 0.29) is 23.4 Å². The number of nitrogens with zero attached hydrogens (tertiary/aromatic N) is 6. The first-order chi connectivity index (χ1) is 18.7. The van der Waals surface area contributed by atoms with E-state index in [2.05, 4.69) is 29.9 Å². The predicted octanol–water partition coefficient (Wildman–Crippen LogP) is 5.10. The SMILES string of the molecule is Cn1cc(C(F)(F)F)nc1-c1ccc(C(O)c2c[nH]c3cnc(-c4c(OCF)ncnc4C4CC4)nc23)cc1. The first-order valence-corrected chi connectivity index (χ1v) is 12.0. The number of ether oxygens (including phenoxy) is 1. The van der Waals surface area contributed by atoms with Gasteiger partial charge in [0.1, 0.15) is 23.8 Å². The predicted molar refractivity (Wildman–Crippen MR) is 131 cm³/mol. The first kappa shape index (κ1) is 24.9. The number of H-pyrrole nitrogens is 1. The molecule has 1 saturated carbocycles. The van der Waals surface area contributed by atoms with Crippen LogP contribution in [0.2, 0.25) is 0 Å². The third kappa shape index (κ3) is 4.58. The molecular formula is C26H21F4N7O2. The molecule has 4 heterocycles. The Morgan fingerprint density at radius 1 is 1.13 bits per heavy atom. The lowest BCUT2D eigenvalue weighted by atomic mass is 10.0. The molecule has 200 valence electrons. The van der Waals surface area contributed by atoms with Crippen molar-refractivity contribution in [2.45, 2.75) is 31.0 Å². The molecule has 0 amide bonds. The number of aliphatic hydroxyl groups excluding tert-OH is 1. The Kier molecular flexibility index (Phi) is 6.02. The van der Waals surface area contributed by atoms with Crippen LogP contribution in [0.15, 0.2) is 49.2 Å². The Hall–Kier alpha value is -4.39. The van der Waals surface area contributed by atoms with E-state index in [1.54, 1.807) is 36.7 Å². The van der Waals surface area contributed by atoms with Gasteiger partial charge in [-0.15, -0.1) is 0 Å². The molecule has 0 bridgehead atoms. The molecule has 1 aliphatic rings. The van der Waals surface area contributed by atoms with Gasteiger partial charge in [-0.1, -0.05) is 24.3 Å². The number of rotatable bonds is 7. The maximum atomic E-state index is 13.1. The summed E-state index contributed by atoms with van der Waals surface area (Å²) in [4.78, 5) is 24.3. The highest BCUT2D eigenvalue weighted by molar-refractivity contribution is 5.82. The number of nitrogens with one attached hydrogen (secondary N) is 1. The summed E-state index contributed by atoms with van der Waals surface area (Å²) in [6.45, 7) is -1.07. The van der Waals surface area contributed by atoms with Crippen LogP contribution in [0.4, 0.5) is 17.6 Å². The fraction of sp³-hybridized carbons (Fsp3) is 0.269. The minimum absolute atomic E-state index is 0.0462. The van der Waals surface area contributed by atoms with Crippen LogP contribution in [0.3, 0.4) is 0 Å². The number of fused-ring (bicyclic) bond motifs is 1. The molecule has 1 unspecified atom stereocenters. The zero-order chi connectivity index (χ0) is 27.3. The largest absolute Gasteiger partial charge is 0.445 e. The molecule has 1 aromatic carbocycles. The van der Waals surface area contributed by atoms with Crippen molar-refractivity contribution in [3.8, 4) is 28.7 Å². The van der Waals surface area contributed by atoms with E-state index in [0.717, 1.165) is 19.0 Å². The molecule has 1 atom stereocenters. The summed E-state index contributed by atoms with van der Waals surface area (Å²) >= 11 is 0. The zero-order valence-corrected chi connectivity index (χ0v) is 20.4. The minimum atomic E-state index is -4.55. The topological polar surface area (TPSA) is 115 Å². The Balaban J connectivity index is 1.35. The molecule has 1 aliphatic carbocycles. The van der Waals surface area contributed by atoms with Gasteiger partial charge in [0.2, 0.25) is 12.7 Å². The molecule has 4 aromatic heterocycles. The van der Waals surface area contributed by atoms with E-state index in [1.807, 2.05) is 0 Å². The number of aromatic nitrogens is 7. The lowest BCUT2D eigenvalue weighted by Crippen LogP contribution is -2.05. The molecule has 13 heteroatoms. The van der Waals surface area contributed by atoms with Crippen molar-refractivity contribution in [2.24, 2.45) is 7.05 Å². The second kappa shape index (κ2) is 9.42. The third-order valence-corrected chi connectivity index (χ3v) is 6.61. The highest BCUT2D eigenvalue weighted by Gasteiger charge is 2.35. The number of hydrogen-bond acceptors (Lipinski definition) is 7. The summed E-state index contributed by atoms with van der Waals surface area (Å²) in [5.41, 5.74) is 2.53. The summed E-state index contributed by atoms with van der Waals surface area (Å²) < 4.78 is 58.7. The number of alkyl halides is 4. The summed E-state index contributed by atoms with van der Waals surface area (Å²) in [5, 5.41) is 11.2. The summed E-state index contributed by atoms with van der Waals surface area (Å²) in [7, 11) is 1.49. The van der Waals surface area contributed by atoms with Gasteiger partial charge in [0, 0.05) is 36.5 Å². The number of benzene rings is 1. The Morgan fingerprint density at radius 2 is 1.90 bits per heavy atom. The van der Waals surface area contributed by atoms with Crippen molar-refractivity contribution < 1.29 is 27.4 Å². The van der Waals surface area contributed by atoms with Crippen molar-refractivity contribution in [1.82, 2.24) is 34.5 Å². The number of imidazole rings is 1. The smallest absolute Gasteiger partial charge is 0.434 e. The van der Waals surface area contributed by atoms with E-state index >= 15 is 0 Å². The first-order valence-electron chi connectivity index (χ1n) is 12.0. The lowest BCUT2D eigenvalue weighted by molar-refractivity contribution is -0.140. The van der Waals surface area contributed by atoms with Crippen LogP contribution in [0, 0.1) is 0 Å². The van der Waals surface area contributed by atoms with Crippen LogP contribution in [-0.4, -0.2) is 46.4 Å². The quantitative estimate of drug-likeness (QED) is 0.277. The van der Waals surface area contributed by atoms with E-state index in [9.17, 15) is 22.7 Å². The maximum Gasteiger partial charge on any atom is 0.434 e. The van der Waals surface area contributed by atoms with Gasteiger partial charge in [0.15, 0.2) is 11.5 Å². The van der Waals surface area contributed by atoms with E-state index in [4.69, 9.17) is 4.74 Å². The van der Waals surface area contributed by atoms with Gasteiger partial charge < -0.3 is 19.4 Å². The molecule has 5 aromatic rings. The van der Waals surface area contributed by atoms with Gasteiger partial charge in [-0.3, -0.25) is 0 Å². The minimum Gasteiger partial charge on any atom is -0.445 e. The van der Waals surface area contributed by atoms with E-state index in [0.29, 0.717) is 39.0 Å². The average Bonchev–Trinajstić information content (AvgIpc) is 3.56. The fourth-order valence-electron chi connectivity index (χ4n) is 4.55. The number of hydrogen-bond donors (Lipinski definition) is 2. The molecule has 0 saturated heterocycles.